The van der Waals surface area contributed by atoms with Crippen molar-refractivity contribution in [1.29, 1.82) is 0 Å². The van der Waals surface area contributed by atoms with Crippen molar-refractivity contribution >= 4 is 16.7 Å². The second-order valence-electron chi connectivity index (χ2n) is 6.02. The number of nitrogens with zero attached hydrogens (tertiary/aromatic N) is 2. The fourth-order valence-electron chi connectivity index (χ4n) is 3.20. The third-order valence-electron chi connectivity index (χ3n) is 4.38. The van der Waals surface area contributed by atoms with E-state index in [9.17, 15) is 0 Å². The molecule has 1 aromatic carbocycles. The number of benzene rings is 1. The summed E-state index contributed by atoms with van der Waals surface area (Å²) in [6.07, 6.45) is 3.72. The van der Waals surface area contributed by atoms with Gasteiger partial charge in [-0.1, -0.05) is 25.1 Å². The van der Waals surface area contributed by atoms with Crippen LogP contribution in [0.5, 0.6) is 0 Å². The molecule has 1 aromatic heterocycles. The van der Waals surface area contributed by atoms with E-state index in [1.54, 1.807) is 0 Å². The minimum atomic E-state index is 0.607. The van der Waals surface area contributed by atoms with Crippen LogP contribution in [0.3, 0.4) is 0 Å². The van der Waals surface area contributed by atoms with Crippen molar-refractivity contribution in [3.05, 3.63) is 35.9 Å². The first-order chi connectivity index (χ1) is 10.3. The summed E-state index contributed by atoms with van der Waals surface area (Å²) in [5, 5.41) is 4.80. The third kappa shape index (κ3) is 3.03. The highest BCUT2D eigenvalue weighted by molar-refractivity contribution is 5.84. The number of rotatable bonds is 5. The fraction of sp³-hybridized carbons (Fsp3) is 0.500. The first-order valence-corrected chi connectivity index (χ1v) is 8.15. The van der Waals surface area contributed by atoms with Crippen LogP contribution in [-0.4, -0.2) is 24.1 Å². The highest BCUT2D eigenvalue weighted by atomic mass is 15.2. The van der Waals surface area contributed by atoms with Crippen LogP contribution in [0.1, 0.15) is 38.7 Å². The van der Waals surface area contributed by atoms with E-state index in [1.165, 1.54) is 30.2 Å². The van der Waals surface area contributed by atoms with Gasteiger partial charge in [0.1, 0.15) is 5.82 Å². The van der Waals surface area contributed by atoms with Gasteiger partial charge in [0.05, 0.1) is 5.52 Å². The van der Waals surface area contributed by atoms with E-state index in [0.717, 1.165) is 31.0 Å². The first kappa shape index (κ1) is 14.3. The van der Waals surface area contributed by atoms with Gasteiger partial charge in [-0.15, -0.1) is 0 Å². The molecule has 0 aliphatic carbocycles. The molecule has 3 rings (SSSR count). The summed E-state index contributed by atoms with van der Waals surface area (Å²) in [7, 11) is 0. The molecule has 3 nitrogen and oxygen atoms in total. The molecule has 1 saturated heterocycles. The van der Waals surface area contributed by atoms with Gasteiger partial charge in [0.15, 0.2) is 0 Å². The third-order valence-corrected chi connectivity index (χ3v) is 4.38. The molecule has 0 saturated carbocycles. The highest BCUT2D eigenvalue weighted by Gasteiger charge is 2.22. The van der Waals surface area contributed by atoms with Gasteiger partial charge in [0, 0.05) is 24.5 Å². The minimum Gasteiger partial charge on any atom is -0.354 e. The number of hydrogen-bond donors (Lipinski definition) is 1. The van der Waals surface area contributed by atoms with Crippen LogP contribution in [0.25, 0.3) is 10.9 Å². The normalized spacial score (nSPS) is 18.6. The second-order valence-corrected chi connectivity index (χ2v) is 6.02. The monoisotopic (exact) mass is 283 g/mol. The minimum absolute atomic E-state index is 0.607. The second kappa shape index (κ2) is 6.44. The standard InChI is InChI=1S/C18H25N3/c1-3-10-19-13-15-12-18(21-11-6-7-14(21)2)20-17-9-5-4-8-16(15)17/h4-5,8-9,12,14,19H,3,6-7,10-11,13H2,1-2H3. The molecule has 1 aliphatic rings. The molecule has 0 spiro atoms. The Morgan fingerprint density at radius 3 is 2.95 bits per heavy atom. The summed E-state index contributed by atoms with van der Waals surface area (Å²) in [5.41, 5.74) is 2.48. The smallest absolute Gasteiger partial charge is 0.129 e. The summed E-state index contributed by atoms with van der Waals surface area (Å²) in [6, 6.07) is 11.4. The zero-order valence-corrected chi connectivity index (χ0v) is 13.1. The van der Waals surface area contributed by atoms with Gasteiger partial charge in [-0.3, -0.25) is 0 Å². The van der Waals surface area contributed by atoms with Crippen LogP contribution >= 0.6 is 0 Å². The van der Waals surface area contributed by atoms with Gasteiger partial charge in [-0.25, -0.2) is 4.98 Å². The molecule has 21 heavy (non-hydrogen) atoms. The summed E-state index contributed by atoms with van der Waals surface area (Å²) in [5.74, 6) is 1.15. The maximum absolute atomic E-state index is 4.89. The van der Waals surface area contributed by atoms with Gasteiger partial charge >= 0.3 is 0 Å². The lowest BCUT2D eigenvalue weighted by Crippen LogP contribution is -2.27. The molecule has 1 N–H and O–H groups in total. The Balaban J connectivity index is 1.97. The van der Waals surface area contributed by atoms with Gasteiger partial charge < -0.3 is 10.2 Å². The van der Waals surface area contributed by atoms with Crippen LogP contribution in [0.4, 0.5) is 5.82 Å². The van der Waals surface area contributed by atoms with E-state index in [2.05, 4.69) is 54.4 Å². The number of nitrogens with one attached hydrogen (secondary N) is 1. The molecule has 0 radical (unpaired) electrons. The number of fused-ring (bicyclic) bond motifs is 1. The first-order valence-electron chi connectivity index (χ1n) is 8.15. The van der Waals surface area contributed by atoms with E-state index < -0.39 is 0 Å². The largest absolute Gasteiger partial charge is 0.354 e. The Labute approximate surface area is 127 Å². The van der Waals surface area contributed by atoms with E-state index in [0.29, 0.717) is 6.04 Å². The molecule has 2 heterocycles. The van der Waals surface area contributed by atoms with Crippen LogP contribution in [0, 0.1) is 0 Å². The van der Waals surface area contributed by atoms with Gasteiger partial charge in [-0.05, 0) is 50.4 Å². The molecule has 0 amide bonds. The Morgan fingerprint density at radius 1 is 1.33 bits per heavy atom. The molecular weight excluding hydrogens is 258 g/mol. The molecular formula is C18H25N3. The molecule has 0 bridgehead atoms. The van der Waals surface area contributed by atoms with Crippen molar-refractivity contribution in [2.45, 2.75) is 45.7 Å². The van der Waals surface area contributed by atoms with Crippen LogP contribution in [0.2, 0.25) is 0 Å². The van der Waals surface area contributed by atoms with Crippen LogP contribution < -0.4 is 10.2 Å². The maximum Gasteiger partial charge on any atom is 0.129 e. The topological polar surface area (TPSA) is 28.2 Å². The number of para-hydroxylation sites is 1. The average molecular weight is 283 g/mol. The van der Waals surface area contributed by atoms with E-state index in [1.807, 2.05) is 0 Å². The zero-order chi connectivity index (χ0) is 14.7. The summed E-state index contributed by atoms with van der Waals surface area (Å²) in [6.45, 7) is 7.63. The SMILES string of the molecule is CCCNCc1cc(N2CCCC2C)nc2ccccc12. The van der Waals surface area contributed by atoms with Gasteiger partial charge in [0.25, 0.3) is 0 Å². The van der Waals surface area contributed by atoms with Crippen molar-refractivity contribution in [1.82, 2.24) is 10.3 Å². The quantitative estimate of drug-likeness (QED) is 0.848. The molecule has 1 fully saturated rings. The predicted octanol–water partition coefficient (Wildman–Crippen LogP) is 3.72. The lowest BCUT2D eigenvalue weighted by Gasteiger charge is -2.24. The summed E-state index contributed by atoms with van der Waals surface area (Å²) >= 11 is 0. The molecule has 3 heteroatoms. The van der Waals surface area contributed by atoms with Crippen LogP contribution in [-0.2, 0) is 6.54 Å². The predicted molar refractivity (Wildman–Crippen MR) is 89.8 cm³/mol. The average Bonchev–Trinajstić information content (AvgIpc) is 2.93. The van der Waals surface area contributed by atoms with Crippen molar-refractivity contribution in [2.24, 2.45) is 0 Å². The van der Waals surface area contributed by atoms with Crippen molar-refractivity contribution in [3.8, 4) is 0 Å². The molecule has 2 aromatic rings. The molecule has 1 atom stereocenters. The lowest BCUT2D eigenvalue weighted by molar-refractivity contribution is 0.676. The number of hydrogen-bond acceptors (Lipinski definition) is 3. The van der Waals surface area contributed by atoms with E-state index >= 15 is 0 Å². The number of aromatic nitrogens is 1. The van der Waals surface area contributed by atoms with Crippen LogP contribution in [0.15, 0.2) is 30.3 Å². The number of anilines is 1. The molecule has 1 aliphatic heterocycles. The summed E-state index contributed by atoms with van der Waals surface area (Å²) < 4.78 is 0. The van der Waals surface area contributed by atoms with E-state index in [4.69, 9.17) is 4.98 Å². The zero-order valence-electron chi connectivity index (χ0n) is 13.1. The highest BCUT2D eigenvalue weighted by Crippen LogP contribution is 2.28. The molecule has 112 valence electrons. The Hall–Kier alpha value is -1.61. The Bertz CT molecular complexity index is 608. The molecule has 1 unspecified atom stereocenters. The van der Waals surface area contributed by atoms with Gasteiger partial charge in [-0.2, -0.15) is 0 Å². The Kier molecular flexibility index (Phi) is 4.39. The van der Waals surface area contributed by atoms with Gasteiger partial charge in [0.2, 0.25) is 0 Å². The van der Waals surface area contributed by atoms with Crippen molar-refractivity contribution in [2.75, 3.05) is 18.0 Å². The van der Waals surface area contributed by atoms with E-state index in [-0.39, 0.29) is 0 Å². The number of pyridine rings is 1. The lowest BCUT2D eigenvalue weighted by atomic mass is 10.1. The Morgan fingerprint density at radius 2 is 2.19 bits per heavy atom. The fourth-order valence-corrected chi connectivity index (χ4v) is 3.20. The summed E-state index contributed by atoms with van der Waals surface area (Å²) in [4.78, 5) is 7.35. The maximum atomic E-state index is 4.89. The van der Waals surface area contributed by atoms with Crippen molar-refractivity contribution in [3.63, 3.8) is 0 Å². The van der Waals surface area contributed by atoms with Crippen molar-refractivity contribution < 1.29 is 0 Å².